The number of halogens is 1. The zero-order valence-electron chi connectivity index (χ0n) is 13.4. The van der Waals surface area contributed by atoms with E-state index in [2.05, 4.69) is 15.2 Å². The van der Waals surface area contributed by atoms with Gasteiger partial charge >= 0.3 is 6.09 Å². The molecule has 1 N–H and O–H groups in total. The first-order valence-electron chi connectivity index (χ1n) is 7.49. The fraction of sp³-hybridized carbons (Fsp3) is 0.438. The van der Waals surface area contributed by atoms with Crippen LogP contribution in [0.5, 0.6) is 0 Å². The minimum Gasteiger partial charge on any atom is -0.444 e. The molecular weight excluding hydrogens is 299 g/mol. The van der Waals surface area contributed by atoms with E-state index < -0.39 is 11.5 Å². The number of ether oxygens (including phenoxy) is 1. The molecule has 1 aliphatic rings. The fourth-order valence-electron chi connectivity index (χ4n) is 2.53. The summed E-state index contributed by atoms with van der Waals surface area (Å²) in [5.41, 5.74) is 2.80. The SMILES string of the molecule is CC(C)(C)OC(=O)N1CCc2[nH]nc(-c3ccc(F)nc3)c2C1. The summed E-state index contributed by atoms with van der Waals surface area (Å²) >= 11 is 0. The van der Waals surface area contributed by atoms with E-state index in [1.807, 2.05) is 20.8 Å². The van der Waals surface area contributed by atoms with Gasteiger partial charge in [-0.15, -0.1) is 0 Å². The second-order valence-corrected chi connectivity index (χ2v) is 6.55. The Morgan fingerprint density at radius 3 is 2.83 bits per heavy atom. The predicted molar refractivity (Wildman–Crippen MR) is 82.1 cm³/mol. The maximum absolute atomic E-state index is 13.0. The van der Waals surface area contributed by atoms with Gasteiger partial charge in [0.2, 0.25) is 5.95 Å². The zero-order valence-corrected chi connectivity index (χ0v) is 13.4. The highest BCUT2D eigenvalue weighted by Crippen LogP contribution is 2.28. The van der Waals surface area contributed by atoms with Gasteiger partial charge in [-0.1, -0.05) is 0 Å². The number of H-pyrrole nitrogens is 1. The molecule has 3 rings (SSSR count). The van der Waals surface area contributed by atoms with Crippen LogP contribution >= 0.6 is 0 Å². The summed E-state index contributed by atoms with van der Waals surface area (Å²) < 4.78 is 18.4. The molecule has 2 aromatic heterocycles. The molecule has 1 amide bonds. The molecule has 6 nitrogen and oxygen atoms in total. The van der Waals surface area contributed by atoms with Crippen LogP contribution in [-0.4, -0.2) is 38.3 Å². The van der Waals surface area contributed by atoms with Crippen LogP contribution in [0.4, 0.5) is 9.18 Å². The van der Waals surface area contributed by atoms with Crippen LogP contribution < -0.4 is 0 Å². The Morgan fingerprint density at radius 2 is 2.17 bits per heavy atom. The van der Waals surface area contributed by atoms with E-state index in [4.69, 9.17) is 4.74 Å². The summed E-state index contributed by atoms with van der Waals surface area (Å²) in [6.07, 6.45) is 1.78. The number of hydrogen-bond donors (Lipinski definition) is 1. The third-order valence-electron chi connectivity index (χ3n) is 3.59. The van der Waals surface area contributed by atoms with Gasteiger partial charge in [0.25, 0.3) is 0 Å². The van der Waals surface area contributed by atoms with E-state index in [0.29, 0.717) is 25.2 Å². The number of pyridine rings is 1. The first kappa shape index (κ1) is 15.5. The smallest absolute Gasteiger partial charge is 0.410 e. The highest BCUT2D eigenvalue weighted by atomic mass is 19.1. The van der Waals surface area contributed by atoms with Gasteiger partial charge in [0.05, 0.1) is 12.2 Å². The molecule has 23 heavy (non-hydrogen) atoms. The topological polar surface area (TPSA) is 71.1 Å². The fourth-order valence-corrected chi connectivity index (χ4v) is 2.53. The predicted octanol–water partition coefficient (Wildman–Crippen LogP) is 2.90. The van der Waals surface area contributed by atoms with Crippen molar-refractivity contribution in [1.82, 2.24) is 20.1 Å². The van der Waals surface area contributed by atoms with E-state index in [1.54, 1.807) is 11.0 Å². The van der Waals surface area contributed by atoms with E-state index in [1.165, 1.54) is 12.3 Å². The monoisotopic (exact) mass is 318 g/mol. The summed E-state index contributed by atoms with van der Waals surface area (Å²) in [7, 11) is 0. The van der Waals surface area contributed by atoms with Crippen molar-refractivity contribution in [2.45, 2.75) is 39.3 Å². The van der Waals surface area contributed by atoms with Crippen molar-refractivity contribution in [2.24, 2.45) is 0 Å². The molecule has 122 valence electrons. The van der Waals surface area contributed by atoms with Gasteiger partial charge in [-0.05, 0) is 32.9 Å². The van der Waals surface area contributed by atoms with Crippen molar-refractivity contribution < 1.29 is 13.9 Å². The van der Waals surface area contributed by atoms with Crippen LogP contribution in [0.25, 0.3) is 11.3 Å². The van der Waals surface area contributed by atoms with Gasteiger partial charge in [-0.2, -0.15) is 9.49 Å². The number of hydrogen-bond acceptors (Lipinski definition) is 4. The molecule has 0 unspecified atom stereocenters. The highest BCUT2D eigenvalue weighted by molar-refractivity contribution is 5.70. The van der Waals surface area contributed by atoms with Gasteiger partial charge in [-0.25, -0.2) is 9.78 Å². The summed E-state index contributed by atoms with van der Waals surface area (Å²) in [6, 6.07) is 2.93. The van der Waals surface area contributed by atoms with E-state index in [0.717, 1.165) is 16.8 Å². The number of amides is 1. The van der Waals surface area contributed by atoms with Crippen LogP contribution in [0.15, 0.2) is 18.3 Å². The second-order valence-electron chi connectivity index (χ2n) is 6.55. The summed E-state index contributed by atoms with van der Waals surface area (Å²) in [5.74, 6) is -0.534. The van der Waals surface area contributed by atoms with Gasteiger partial charge in [0.1, 0.15) is 5.60 Å². The number of carbonyl (C=O) groups is 1. The highest BCUT2D eigenvalue weighted by Gasteiger charge is 2.28. The first-order valence-corrected chi connectivity index (χ1v) is 7.49. The summed E-state index contributed by atoms with van der Waals surface area (Å²) in [4.78, 5) is 17.6. The Hall–Kier alpha value is -2.44. The number of carbonyl (C=O) groups excluding carboxylic acids is 1. The Kier molecular flexibility index (Phi) is 3.79. The molecule has 0 bridgehead atoms. The molecule has 0 saturated carbocycles. The van der Waals surface area contributed by atoms with Crippen LogP contribution in [0.1, 0.15) is 32.0 Å². The molecule has 0 saturated heterocycles. The van der Waals surface area contributed by atoms with Crippen LogP contribution in [0.2, 0.25) is 0 Å². The van der Waals surface area contributed by atoms with Crippen molar-refractivity contribution in [3.8, 4) is 11.3 Å². The number of aromatic amines is 1. The molecule has 0 spiro atoms. The van der Waals surface area contributed by atoms with Crippen LogP contribution in [-0.2, 0) is 17.7 Å². The van der Waals surface area contributed by atoms with E-state index >= 15 is 0 Å². The normalized spacial score (nSPS) is 14.5. The van der Waals surface area contributed by atoms with Gasteiger partial charge in [0, 0.05) is 36.0 Å². The lowest BCUT2D eigenvalue weighted by Crippen LogP contribution is -2.39. The lowest BCUT2D eigenvalue weighted by molar-refractivity contribution is 0.0224. The molecular formula is C16H19FN4O2. The van der Waals surface area contributed by atoms with E-state index in [-0.39, 0.29) is 6.09 Å². The summed E-state index contributed by atoms with van der Waals surface area (Å²) in [6.45, 7) is 6.51. The lowest BCUT2D eigenvalue weighted by atomic mass is 10.0. The van der Waals surface area contributed by atoms with Crippen molar-refractivity contribution in [3.63, 3.8) is 0 Å². The molecule has 0 aliphatic carbocycles. The molecule has 0 aromatic carbocycles. The lowest BCUT2D eigenvalue weighted by Gasteiger charge is -2.30. The second kappa shape index (κ2) is 5.64. The quantitative estimate of drug-likeness (QED) is 0.821. The average Bonchev–Trinajstić information content (AvgIpc) is 2.89. The van der Waals surface area contributed by atoms with Gasteiger partial charge in [0.15, 0.2) is 0 Å². The zero-order chi connectivity index (χ0) is 16.6. The molecule has 0 atom stereocenters. The van der Waals surface area contributed by atoms with Gasteiger partial charge < -0.3 is 9.64 Å². The summed E-state index contributed by atoms with van der Waals surface area (Å²) in [5, 5.41) is 7.30. The minimum absolute atomic E-state index is 0.340. The maximum atomic E-state index is 13.0. The number of aromatic nitrogens is 3. The average molecular weight is 318 g/mol. The van der Waals surface area contributed by atoms with Crippen LogP contribution in [0, 0.1) is 5.95 Å². The Labute approximate surface area is 133 Å². The molecule has 3 heterocycles. The molecule has 1 aliphatic heterocycles. The number of rotatable bonds is 1. The third-order valence-corrected chi connectivity index (χ3v) is 3.59. The van der Waals surface area contributed by atoms with Crippen molar-refractivity contribution in [3.05, 3.63) is 35.5 Å². The van der Waals surface area contributed by atoms with Crippen molar-refractivity contribution >= 4 is 6.09 Å². The minimum atomic E-state index is -0.534. The Bertz CT molecular complexity index is 719. The Morgan fingerprint density at radius 1 is 1.39 bits per heavy atom. The molecule has 7 heteroatoms. The molecule has 0 fully saturated rings. The van der Waals surface area contributed by atoms with Crippen LogP contribution in [0.3, 0.4) is 0 Å². The number of nitrogens with zero attached hydrogens (tertiary/aromatic N) is 3. The van der Waals surface area contributed by atoms with Crippen molar-refractivity contribution in [2.75, 3.05) is 6.54 Å². The molecule has 0 radical (unpaired) electrons. The largest absolute Gasteiger partial charge is 0.444 e. The maximum Gasteiger partial charge on any atom is 0.410 e. The third kappa shape index (κ3) is 3.33. The standard InChI is InChI=1S/C16H19FN4O2/c1-16(2,3)23-15(22)21-7-6-12-11(9-21)14(20-19-12)10-4-5-13(17)18-8-10/h4-5,8H,6-7,9H2,1-3H3,(H,19,20). The van der Waals surface area contributed by atoms with Gasteiger partial charge in [-0.3, -0.25) is 5.10 Å². The number of nitrogens with one attached hydrogen (secondary N) is 1. The molecule has 2 aromatic rings. The number of fused-ring (bicyclic) bond motifs is 1. The van der Waals surface area contributed by atoms with Crippen molar-refractivity contribution in [1.29, 1.82) is 0 Å². The first-order chi connectivity index (χ1) is 10.8. The van der Waals surface area contributed by atoms with E-state index in [9.17, 15) is 9.18 Å². The Balaban J connectivity index is 1.84.